The van der Waals surface area contributed by atoms with Crippen molar-refractivity contribution in [1.82, 2.24) is 20.4 Å². The number of likely N-dealkylation sites (N-methyl/N-ethyl adjacent to an activating group) is 1. The topological polar surface area (TPSA) is 64.7 Å². The van der Waals surface area contributed by atoms with E-state index >= 15 is 0 Å². The van der Waals surface area contributed by atoms with Gasteiger partial charge < -0.3 is 20.4 Å². The van der Waals surface area contributed by atoms with E-state index in [1.807, 2.05) is 11.9 Å². The molecule has 1 saturated heterocycles. The lowest BCUT2D eigenvalue weighted by molar-refractivity contribution is -0.138. The molecule has 5 rings (SSSR count). The predicted octanol–water partition coefficient (Wildman–Crippen LogP) is 4.13. The minimum atomic E-state index is -0.0873. The molecule has 1 aliphatic carbocycles. The molecule has 0 radical (unpaired) electrons. The molecule has 2 aromatic rings. The normalized spacial score (nSPS) is 21.6. The Morgan fingerprint density at radius 1 is 1.19 bits per heavy atom. The van der Waals surface area contributed by atoms with Crippen molar-refractivity contribution in [2.45, 2.75) is 45.2 Å². The Hall–Kier alpha value is -3.38. The molecule has 2 fully saturated rings. The molecular weight excluding hydrogens is 460 g/mol. The number of carbonyl (C=O) groups excluding carboxylic acids is 2. The number of fused-ring (bicyclic) bond motifs is 1. The number of benzene rings is 2. The van der Waals surface area contributed by atoms with Crippen molar-refractivity contribution in [3.8, 4) is 0 Å². The van der Waals surface area contributed by atoms with Crippen molar-refractivity contribution in [2.24, 2.45) is 11.8 Å². The molecule has 0 bridgehead atoms. The smallest absolute Gasteiger partial charge is 0.228 e. The van der Waals surface area contributed by atoms with Crippen molar-refractivity contribution in [3.05, 3.63) is 83.7 Å². The number of allylic oxidation sites excluding steroid dienone is 3. The van der Waals surface area contributed by atoms with E-state index in [0.29, 0.717) is 25.7 Å². The van der Waals surface area contributed by atoms with E-state index in [9.17, 15) is 9.59 Å². The van der Waals surface area contributed by atoms with Gasteiger partial charge >= 0.3 is 0 Å². The minimum Gasteiger partial charge on any atom is -0.356 e. The maximum atomic E-state index is 14.2. The molecule has 2 atom stereocenters. The van der Waals surface area contributed by atoms with Crippen LogP contribution < -0.4 is 10.6 Å². The number of nitrogens with one attached hydrogen (secondary N) is 2. The second-order valence-electron chi connectivity index (χ2n) is 10.7. The minimum absolute atomic E-state index is 0.0136. The zero-order valence-corrected chi connectivity index (χ0v) is 22.0. The molecule has 2 amide bonds. The van der Waals surface area contributed by atoms with Gasteiger partial charge in [-0.2, -0.15) is 0 Å². The molecule has 2 unspecified atom stereocenters. The maximum absolute atomic E-state index is 14.2. The summed E-state index contributed by atoms with van der Waals surface area (Å²) in [5.41, 5.74) is 4.54. The van der Waals surface area contributed by atoms with Gasteiger partial charge in [0.2, 0.25) is 11.8 Å². The number of amides is 2. The van der Waals surface area contributed by atoms with Gasteiger partial charge in [0.25, 0.3) is 0 Å². The largest absolute Gasteiger partial charge is 0.356 e. The first kappa shape index (κ1) is 25.3. The van der Waals surface area contributed by atoms with Crippen molar-refractivity contribution in [2.75, 3.05) is 26.7 Å². The summed E-state index contributed by atoms with van der Waals surface area (Å²) in [6.45, 7) is 8.57. The highest BCUT2D eigenvalue weighted by molar-refractivity contribution is 5.87. The van der Waals surface area contributed by atoms with Crippen LogP contribution in [0.1, 0.15) is 37.3 Å². The van der Waals surface area contributed by atoms with Crippen LogP contribution in [-0.2, 0) is 22.6 Å². The molecule has 6 heteroatoms. The van der Waals surface area contributed by atoms with Crippen LogP contribution in [0.3, 0.4) is 0 Å². The second-order valence-corrected chi connectivity index (χ2v) is 10.7. The van der Waals surface area contributed by atoms with E-state index in [1.54, 1.807) is 6.92 Å². The van der Waals surface area contributed by atoms with Crippen LogP contribution in [0.5, 0.6) is 0 Å². The van der Waals surface area contributed by atoms with Gasteiger partial charge in [0.15, 0.2) is 0 Å². The van der Waals surface area contributed by atoms with Gasteiger partial charge in [0.1, 0.15) is 0 Å². The molecule has 0 aromatic heterocycles. The highest BCUT2D eigenvalue weighted by atomic mass is 16.2. The van der Waals surface area contributed by atoms with Crippen molar-refractivity contribution in [1.29, 1.82) is 0 Å². The van der Waals surface area contributed by atoms with Crippen LogP contribution in [0.25, 0.3) is 10.8 Å². The Kier molecular flexibility index (Phi) is 7.47. The van der Waals surface area contributed by atoms with E-state index < -0.39 is 0 Å². The van der Waals surface area contributed by atoms with Crippen molar-refractivity contribution in [3.63, 3.8) is 0 Å². The fourth-order valence-corrected chi connectivity index (χ4v) is 5.67. The maximum Gasteiger partial charge on any atom is 0.228 e. The average Bonchev–Trinajstić information content (AvgIpc) is 3.73. The van der Waals surface area contributed by atoms with Crippen molar-refractivity contribution >= 4 is 22.6 Å². The van der Waals surface area contributed by atoms with Crippen LogP contribution in [0.2, 0.25) is 0 Å². The summed E-state index contributed by atoms with van der Waals surface area (Å²) in [5, 5.41) is 8.76. The highest BCUT2D eigenvalue weighted by Crippen LogP contribution is 2.37. The fraction of sp³-hybridized carbons (Fsp3) is 0.419. The summed E-state index contributed by atoms with van der Waals surface area (Å²) < 4.78 is 0. The molecule has 194 valence electrons. The third-order valence-corrected chi connectivity index (χ3v) is 7.91. The number of rotatable bonds is 8. The van der Waals surface area contributed by atoms with Crippen molar-refractivity contribution < 1.29 is 9.59 Å². The number of nitrogens with zero attached hydrogens (tertiary/aromatic N) is 2. The number of hydrogen-bond acceptors (Lipinski definition) is 4. The lowest BCUT2D eigenvalue weighted by Crippen LogP contribution is -2.48. The fourth-order valence-electron chi connectivity index (χ4n) is 5.67. The first-order valence-corrected chi connectivity index (χ1v) is 13.5. The summed E-state index contributed by atoms with van der Waals surface area (Å²) in [6.07, 6.45) is 10.2. The summed E-state index contributed by atoms with van der Waals surface area (Å²) in [4.78, 5) is 29.7. The number of carbonyl (C=O) groups is 2. The average molecular weight is 499 g/mol. The lowest BCUT2D eigenvalue weighted by atomic mass is 9.79. The van der Waals surface area contributed by atoms with Crippen LogP contribution >= 0.6 is 0 Å². The molecule has 0 spiro atoms. The van der Waals surface area contributed by atoms with Gasteiger partial charge in [-0.3, -0.25) is 9.59 Å². The molecule has 1 saturated carbocycles. The Morgan fingerprint density at radius 2 is 2.00 bits per heavy atom. The summed E-state index contributed by atoms with van der Waals surface area (Å²) in [7, 11) is 2.00. The molecular formula is C31H38N4O2. The summed E-state index contributed by atoms with van der Waals surface area (Å²) in [6, 6.07) is 13.2. The molecule has 37 heavy (non-hydrogen) atoms. The summed E-state index contributed by atoms with van der Waals surface area (Å²) in [5.74, 6) is 0.347. The Morgan fingerprint density at radius 3 is 2.76 bits per heavy atom. The van der Waals surface area contributed by atoms with Crippen LogP contribution in [0.15, 0.2) is 72.6 Å². The quantitative estimate of drug-likeness (QED) is 0.574. The third kappa shape index (κ3) is 5.80. The SMILES string of the molecule is C=C1C=C(C2CCNCC2C(=O)N(Cc2cc(CCNC(C)=O)cc3ccccc23)C2CC2)C=CN1C. The lowest BCUT2D eigenvalue weighted by Gasteiger charge is -2.37. The van der Waals surface area contributed by atoms with Crippen LogP contribution in [0, 0.1) is 11.8 Å². The van der Waals surface area contributed by atoms with E-state index in [1.165, 1.54) is 27.5 Å². The van der Waals surface area contributed by atoms with Gasteiger partial charge in [0.05, 0.1) is 5.92 Å². The Balaban J connectivity index is 1.42. The van der Waals surface area contributed by atoms with Crippen LogP contribution in [0.4, 0.5) is 0 Å². The molecule has 2 heterocycles. The number of hydrogen-bond donors (Lipinski definition) is 2. The monoisotopic (exact) mass is 498 g/mol. The number of piperidine rings is 1. The standard InChI is InChI=1S/C31H38N4O2/c1-21-16-25(12-15-34(21)3)29-11-13-32-19-30(29)31(37)35(27-8-9-27)20-26-18-23(10-14-33-22(2)36)17-24-6-4-5-7-28(24)26/h4-7,12,15-18,27,29-30,32H,1,8-11,13-14,19-20H2,2-3H3,(H,33,36). The highest BCUT2D eigenvalue weighted by Gasteiger charge is 2.40. The predicted molar refractivity (Wildman–Crippen MR) is 149 cm³/mol. The van der Waals surface area contributed by atoms with E-state index in [2.05, 4.69) is 76.9 Å². The molecule has 2 aromatic carbocycles. The molecule has 6 nitrogen and oxygen atoms in total. The first-order chi connectivity index (χ1) is 17.9. The third-order valence-electron chi connectivity index (χ3n) is 7.91. The van der Waals surface area contributed by atoms with E-state index in [-0.39, 0.29) is 23.7 Å². The Labute approximate surface area is 220 Å². The zero-order chi connectivity index (χ0) is 25.9. The Bertz CT molecular complexity index is 1260. The van der Waals surface area contributed by atoms with E-state index in [4.69, 9.17) is 0 Å². The first-order valence-electron chi connectivity index (χ1n) is 13.5. The van der Waals surface area contributed by atoms with Gasteiger partial charge in [-0.1, -0.05) is 43.0 Å². The van der Waals surface area contributed by atoms with Gasteiger partial charge in [-0.15, -0.1) is 0 Å². The van der Waals surface area contributed by atoms with Gasteiger partial charge in [-0.05, 0) is 77.8 Å². The zero-order valence-electron chi connectivity index (χ0n) is 22.0. The van der Waals surface area contributed by atoms with E-state index in [0.717, 1.165) is 37.9 Å². The van der Waals surface area contributed by atoms with Gasteiger partial charge in [-0.25, -0.2) is 0 Å². The van der Waals surface area contributed by atoms with Gasteiger partial charge in [0, 0.05) is 51.5 Å². The molecule has 2 N–H and O–H groups in total. The molecule has 3 aliphatic rings. The molecule has 2 aliphatic heterocycles. The summed E-state index contributed by atoms with van der Waals surface area (Å²) >= 11 is 0. The van der Waals surface area contributed by atoms with Crippen LogP contribution in [-0.4, -0.2) is 54.3 Å². The second kappa shape index (κ2) is 10.9.